The molecule has 4 heteroatoms. The predicted octanol–water partition coefficient (Wildman–Crippen LogP) is 0.276. The van der Waals surface area contributed by atoms with Crippen molar-refractivity contribution in [1.29, 1.82) is 0 Å². The summed E-state index contributed by atoms with van der Waals surface area (Å²) in [6.45, 7) is 2.10. The molecule has 0 fully saturated rings. The average molecular weight is 196 g/mol. The second-order valence-corrected chi connectivity index (χ2v) is 2.84. The fourth-order valence-corrected chi connectivity index (χ4v) is 0.761. The molecule has 1 aromatic rings. The number of likely N-dealkylation sites (N-methyl/N-ethyl adjacent to an activating group) is 2. The summed E-state index contributed by atoms with van der Waals surface area (Å²) >= 11 is 0. The SMILES string of the molecule is CNCCNC.Nc1ccccc1N. The second kappa shape index (κ2) is 8.34. The van der Waals surface area contributed by atoms with E-state index >= 15 is 0 Å². The Kier molecular flexibility index (Phi) is 7.59. The minimum atomic E-state index is 0.646. The van der Waals surface area contributed by atoms with Gasteiger partial charge in [0.1, 0.15) is 0 Å². The van der Waals surface area contributed by atoms with Gasteiger partial charge in [-0.05, 0) is 26.2 Å². The molecule has 6 N–H and O–H groups in total. The monoisotopic (exact) mass is 196 g/mol. The highest BCUT2D eigenvalue weighted by Crippen LogP contribution is 2.10. The largest absolute Gasteiger partial charge is 0.397 e. The number of benzene rings is 1. The highest BCUT2D eigenvalue weighted by atomic mass is 14.9. The molecule has 0 aliphatic rings. The van der Waals surface area contributed by atoms with Crippen LogP contribution in [0.3, 0.4) is 0 Å². The summed E-state index contributed by atoms with van der Waals surface area (Å²) in [6, 6.07) is 7.25. The van der Waals surface area contributed by atoms with Gasteiger partial charge < -0.3 is 22.1 Å². The minimum Gasteiger partial charge on any atom is -0.397 e. The van der Waals surface area contributed by atoms with Gasteiger partial charge in [0.25, 0.3) is 0 Å². The Balaban J connectivity index is 0.000000255. The average Bonchev–Trinajstić information content (AvgIpc) is 2.20. The molecule has 0 amide bonds. The predicted molar refractivity (Wildman–Crippen MR) is 63.1 cm³/mol. The van der Waals surface area contributed by atoms with Crippen LogP contribution in [0.4, 0.5) is 11.4 Å². The van der Waals surface area contributed by atoms with Crippen molar-refractivity contribution in [3.05, 3.63) is 24.3 Å². The Hall–Kier alpha value is -1.26. The van der Waals surface area contributed by atoms with Gasteiger partial charge in [-0.2, -0.15) is 0 Å². The maximum absolute atomic E-state index is 5.39. The van der Waals surface area contributed by atoms with Crippen LogP contribution in [-0.4, -0.2) is 27.2 Å². The number of para-hydroxylation sites is 2. The fraction of sp³-hybridized carbons (Fsp3) is 0.400. The number of nitrogens with one attached hydrogen (secondary N) is 2. The molecule has 0 saturated carbocycles. The maximum atomic E-state index is 5.39. The van der Waals surface area contributed by atoms with E-state index in [1.807, 2.05) is 26.2 Å². The summed E-state index contributed by atoms with van der Waals surface area (Å²) in [5.74, 6) is 0. The van der Waals surface area contributed by atoms with Gasteiger partial charge in [0.05, 0.1) is 11.4 Å². The molecule has 0 aromatic heterocycles. The molecule has 0 heterocycles. The third-order valence-electron chi connectivity index (χ3n) is 1.62. The van der Waals surface area contributed by atoms with E-state index in [2.05, 4.69) is 10.6 Å². The van der Waals surface area contributed by atoms with Crippen molar-refractivity contribution in [2.75, 3.05) is 38.7 Å². The van der Waals surface area contributed by atoms with E-state index < -0.39 is 0 Å². The molecule has 1 aromatic carbocycles. The van der Waals surface area contributed by atoms with Gasteiger partial charge in [0, 0.05) is 13.1 Å². The van der Waals surface area contributed by atoms with E-state index in [4.69, 9.17) is 11.5 Å². The molecule has 0 spiro atoms. The Morgan fingerprint density at radius 3 is 1.50 bits per heavy atom. The van der Waals surface area contributed by atoms with E-state index in [0.717, 1.165) is 13.1 Å². The number of nitrogen functional groups attached to an aromatic ring is 2. The van der Waals surface area contributed by atoms with Gasteiger partial charge in [0.15, 0.2) is 0 Å². The lowest BCUT2D eigenvalue weighted by atomic mass is 10.3. The highest BCUT2D eigenvalue weighted by Gasteiger charge is 1.85. The smallest absolute Gasteiger partial charge is 0.0547 e. The van der Waals surface area contributed by atoms with Crippen LogP contribution >= 0.6 is 0 Å². The Morgan fingerprint density at radius 2 is 1.29 bits per heavy atom. The summed E-state index contributed by atoms with van der Waals surface area (Å²) in [5, 5.41) is 6.01. The molecule has 0 saturated heterocycles. The van der Waals surface area contributed by atoms with Crippen LogP contribution < -0.4 is 22.1 Å². The molecule has 0 unspecified atom stereocenters. The van der Waals surface area contributed by atoms with Gasteiger partial charge in [0.2, 0.25) is 0 Å². The topological polar surface area (TPSA) is 76.1 Å². The van der Waals surface area contributed by atoms with Gasteiger partial charge >= 0.3 is 0 Å². The molecule has 14 heavy (non-hydrogen) atoms. The molecule has 0 aliphatic carbocycles. The summed E-state index contributed by atoms with van der Waals surface area (Å²) in [5.41, 5.74) is 12.1. The van der Waals surface area contributed by atoms with E-state index in [9.17, 15) is 0 Å². The minimum absolute atomic E-state index is 0.646. The van der Waals surface area contributed by atoms with Crippen molar-refractivity contribution >= 4 is 11.4 Å². The van der Waals surface area contributed by atoms with E-state index in [1.165, 1.54) is 0 Å². The van der Waals surface area contributed by atoms with Crippen molar-refractivity contribution in [3.8, 4) is 0 Å². The second-order valence-electron chi connectivity index (χ2n) is 2.84. The zero-order valence-electron chi connectivity index (χ0n) is 8.88. The number of hydrogen-bond acceptors (Lipinski definition) is 4. The summed E-state index contributed by atoms with van der Waals surface area (Å²) in [4.78, 5) is 0. The maximum Gasteiger partial charge on any atom is 0.0547 e. The summed E-state index contributed by atoms with van der Waals surface area (Å²) in [7, 11) is 3.88. The van der Waals surface area contributed by atoms with Crippen LogP contribution in [0.1, 0.15) is 0 Å². The van der Waals surface area contributed by atoms with E-state index in [0.29, 0.717) is 11.4 Å². The first-order valence-corrected chi connectivity index (χ1v) is 4.61. The van der Waals surface area contributed by atoms with Gasteiger partial charge in [-0.1, -0.05) is 12.1 Å². The van der Waals surface area contributed by atoms with Crippen molar-refractivity contribution in [3.63, 3.8) is 0 Å². The van der Waals surface area contributed by atoms with Gasteiger partial charge in [-0.3, -0.25) is 0 Å². The normalized spacial score (nSPS) is 9.00. The zero-order valence-corrected chi connectivity index (χ0v) is 8.88. The van der Waals surface area contributed by atoms with Crippen molar-refractivity contribution in [2.45, 2.75) is 0 Å². The van der Waals surface area contributed by atoms with Crippen LogP contribution in [-0.2, 0) is 0 Å². The highest BCUT2D eigenvalue weighted by molar-refractivity contribution is 5.62. The Labute approximate surface area is 85.7 Å². The van der Waals surface area contributed by atoms with Crippen LogP contribution in [0.25, 0.3) is 0 Å². The molecular formula is C10H20N4. The Bertz CT molecular complexity index is 212. The molecular weight excluding hydrogens is 176 g/mol. The quantitative estimate of drug-likeness (QED) is 0.413. The van der Waals surface area contributed by atoms with Crippen molar-refractivity contribution in [1.82, 2.24) is 10.6 Å². The standard InChI is InChI=1S/C6H8N2.C4H12N2/c7-5-3-1-2-4-6(5)8;1-5-3-4-6-2/h1-4H,7-8H2;5-6H,3-4H2,1-2H3. The Morgan fingerprint density at radius 1 is 0.929 bits per heavy atom. The molecule has 80 valence electrons. The van der Waals surface area contributed by atoms with E-state index in [1.54, 1.807) is 12.1 Å². The van der Waals surface area contributed by atoms with Crippen LogP contribution in [0, 0.1) is 0 Å². The van der Waals surface area contributed by atoms with E-state index in [-0.39, 0.29) is 0 Å². The van der Waals surface area contributed by atoms with Crippen molar-refractivity contribution in [2.24, 2.45) is 0 Å². The van der Waals surface area contributed by atoms with Crippen molar-refractivity contribution < 1.29 is 0 Å². The lowest BCUT2D eigenvalue weighted by molar-refractivity contribution is 0.718. The molecule has 1 rings (SSSR count). The molecule has 4 nitrogen and oxygen atoms in total. The molecule has 0 aliphatic heterocycles. The first kappa shape index (κ1) is 12.7. The third-order valence-corrected chi connectivity index (χ3v) is 1.62. The molecule has 0 bridgehead atoms. The lowest BCUT2D eigenvalue weighted by Crippen LogP contribution is -2.21. The zero-order chi connectivity index (χ0) is 10.8. The van der Waals surface area contributed by atoms with Crippen LogP contribution in [0.5, 0.6) is 0 Å². The number of anilines is 2. The summed E-state index contributed by atoms with van der Waals surface area (Å²) < 4.78 is 0. The number of rotatable bonds is 3. The third kappa shape index (κ3) is 6.28. The first-order valence-electron chi connectivity index (χ1n) is 4.61. The van der Waals surface area contributed by atoms with Gasteiger partial charge in [-0.15, -0.1) is 0 Å². The van der Waals surface area contributed by atoms with Crippen LogP contribution in [0.2, 0.25) is 0 Å². The van der Waals surface area contributed by atoms with Gasteiger partial charge in [-0.25, -0.2) is 0 Å². The fourth-order valence-electron chi connectivity index (χ4n) is 0.761. The molecule has 0 atom stereocenters. The number of hydrogen-bond donors (Lipinski definition) is 4. The molecule has 0 radical (unpaired) electrons. The van der Waals surface area contributed by atoms with Crippen LogP contribution in [0.15, 0.2) is 24.3 Å². The first-order chi connectivity index (χ1) is 6.72. The summed E-state index contributed by atoms with van der Waals surface area (Å²) in [6.07, 6.45) is 0. The number of nitrogens with two attached hydrogens (primary N) is 2. The lowest BCUT2D eigenvalue weighted by Gasteiger charge is -1.94.